The zero-order valence-electron chi connectivity index (χ0n) is 12.8. The summed E-state index contributed by atoms with van der Waals surface area (Å²) >= 11 is 0. The summed E-state index contributed by atoms with van der Waals surface area (Å²) in [6.45, 7) is 0.289. The van der Waals surface area contributed by atoms with Crippen LogP contribution in [-0.2, 0) is 4.79 Å². The van der Waals surface area contributed by atoms with Crippen molar-refractivity contribution in [3.63, 3.8) is 0 Å². The number of nitrogens with one attached hydrogen (secondary N) is 2. The lowest BCUT2D eigenvalue weighted by atomic mass is 10.00. The molecule has 7 heteroatoms. The lowest BCUT2D eigenvalue weighted by Gasteiger charge is -2.14. The van der Waals surface area contributed by atoms with E-state index >= 15 is 0 Å². The van der Waals surface area contributed by atoms with E-state index in [1.807, 2.05) is 0 Å². The standard InChI is InChI=1S/C16H21F2N3O2/c17-11-4-2-5-12(18)15(11)16(23)21-8-7-20-14(22)9-10-3-1-6-13(10)19/h2,4-5,10,13H,1,3,6-9,19H2,(H,20,22)(H,21,23)/t10-,13+/m0/s1. The van der Waals surface area contributed by atoms with Gasteiger partial charge in [0.25, 0.3) is 5.91 Å². The van der Waals surface area contributed by atoms with Crippen LogP contribution in [0.5, 0.6) is 0 Å². The van der Waals surface area contributed by atoms with Gasteiger partial charge in [-0.25, -0.2) is 8.78 Å². The van der Waals surface area contributed by atoms with Gasteiger partial charge in [-0.2, -0.15) is 0 Å². The Morgan fingerprint density at radius 2 is 1.78 bits per heavy atom. The molecule has 0 spiro atoms. The summed E-state index contributed by atoms with van der Waals surface area (Å²) in [7, 11) is 0. The first-order chi connectivity index (χ1) is 11.0. The average Bonchev–Trinajstić information content (AvgIpc) is 2.89. The summed E-state index contributed by atoms with van der Waals surface area (Å²) in [6.07, 6.45) is 3.32. The Morgan fingerprint density at radius 1 is 1.13 bits per heavy atom. The second-order valence-corrected chi connectivity index (χ2v) is 5.76. The number of amides is 2. The van der Waals surface area contributed by atoms with Crippen molar-refractivity contribution in [1.82, 2.24) is 10.6 Å². The van der Waals surface area contributed by atoms with Crippen molar-refractivity contribution in [1.29, 1.82) is 0 Å². The molecule has 1 aliphatic carbocycles. The molecule has 0 aliphatic heterocycles. The monoisotopic (exact) mass is 325 g/mol. The van der Waals surface area contributed by atoms with E-state index in [9.17, 15) is 18.4 Å². The molecule has 0 heterocycles. The van der Waals surface area contributed by atoms with Crippen molar-refractivity contribution in [2.45, 2.75) is 31.7 Å². The van der Waals surface area contributed by atoms with Gasteiger partial charge in [0.1, 0.15) is 17.2 Å². The largest absolute Gasteiger partial charge is 0.354 e. The maximum absolute atomic E-state index is 13.4. The molecule has 1 saturated carbocycles. The van der Waals surface area contributed by atoms with E-state index in [0.717, 1.165) is 31.4 Å². The topological polar surface area (TPSA) is 84.2 Å². The summed E-state index contributed by atoms with van der Waals surface area (Å²) in [5.74, 6) is -2.59. The minimum Gasteiger partial charge on any atom is -0.354 e. The number of nitrogens with two attached hydrogens (primary N) is 1. The van der Waals surface area contributed by atoms with Crippen molar-refractivity contribution < 1.29 is 18.4 Å². The van der Waals surface area contributed by atoms with Crippen molar-refractivity contribution in [3.8, 4) is 0 Å². The van der Waals surface area contributed by atoms with Crippen LogP contribution in [0.2, 0.25) is 0 Å². The Morgan fingerprint density at radius 3 is 2.39 bits per heavy atom. The van der Waals surface area contributed by atoms with Crippen molar-refractivity contribution >= 4 is 11.8 Å². The second-order valence-electron chi connectivity index (χ2n) is 5.76. The van der Waals surface area contributed by atoms with E-state index in [1.165, 1.54) is 6.07 Å². The van der Waals surface area contributed by atoms with Crippen LogP contribution in [0.15, 0.2) is 18.2 Å². The SMILES string of the molecule is N[C@@H]1CCC[C@H]1CC(=O)NCCNC(=O)c1c(F)cccc1F. The Kier molecular flexibility index (Phi) is 6.04. The van der Waals surface area contributed by atoms with Crippen LogP contribution in [0.25, 0.3) is 0 Å². The molecule has 1 aromatic rings. The third-order valence-electron chi connectivity index (χ3n) is 4.09. The molecule has 0 saturated heterocycles. The number of rotatable bonds is 6. The highest BCUT2D eigenvalue weighted by Crippen LogP contribution is 2.26. The molecule has 2 amide bonds. The van der Waals surface area contributed by atoms with Gasteiger partial charge in [0, 0.05) is 25.6 Å². The smallest absolute Gasteiger partial charge is 0.257 e. The van der Waals surface area contributed by atoms with Crippen LogP contribution in [0.1, 0.15) is 36.0 Å². The first kappa shape index (κ1) is 17.3. The summed E-state index contributed by atoms with van der Waals surface area (Å²) in [5, 5.41) is 5.05. The fraction of sp³-hybridized carbons (Fsp3) is 0.500. The average molecular weight is 325 g/mol. The maximum Gasteiger partial charge on any atom is 0.257 e. The third-order valence-corrected chi connectivity index (χ3v) is 4.09. The molecule has 0 unspecified atom stereocenters. The normalized spacial score (nSPS) is 20.3. The highest BCUT2D eigenvalue weighted by atomic mass is 19.1. The molecule has 4 N–H and O–H groups in total. The molecule has 1 aromatic carbocycles. The molecular formula is C16H21F2N3O2. The van der Waals surface area contributed by atoms with Crippen molar-refractivity contribution in [2.75, 3.05) is 13.1 Å². The van der Waals surface area contributed by atoms with E-state index in [0.29, 0.717) is 6.42 Å². The summed E-state index contributed by atoms with van der Waals surface area (Å²) in [6, 6.07) is 3.30. The highest BCUT2D eigenvalue weighted by molar-refractivity contribution is 5.94. The second kappa shape index (κ2) is 8.01. The predicted molar refractivity (Wildman–Crippen MR) is 81.6 cm³/mol. The first-order valence-electron chi connectivity index (χ1n) is 7.73. The lowest BCUT2D eigenvalue weighted by Crippen LogP contribution is -2.37. The first-order valence-corrected chi connectivity index (χ1v) is 7.73. The van der Waals surface area contributed by atoms with Gasteiger partial charge in [-0.15, -0.1) is 0 Å². The molecule has 5 nitrogen and oxygen atoms in total. The summed E-state index contributed by atoms with van der Waals surface area (Å²) in [5.41, 5.74) is 5.29. The zero-order chi connectivity index (χ0) is 16.8. The molecule has 1 fully saturated rings. The number of hydrogen-bond acceptors (Lipinski definition) is 3. The van der Waals surface area contributed by atoms with Gasteiger partial charge in [-0.05, 0) is 30.9 Å². The molecule has 126 valence electrons. The van der Waals surface area contributed by atoms with Crippen molar-refractivity contribution in [3.05, 3.63) is 35.4 Å². The van der Waals surface area contributed by atoms with E-state index in [1.54, 1.807) is 0 Å². The Balaban J connectivity index is 1.71. The lowest BCUT2D eigenvalue weighted by molar-refractivity contribution is -0.122. The van der Waals surface area contributed by atoms with E-state index in [4.69, 9.17) is 5.73 Å². The molecule has 23 heavy (non-hydrogen) atoms. The van der Waals surface area contributed by atoms with Gasteiger partial charge in [-0.3, -0.25) is 9.59 Å². The predicted octanol–water partition coefficient (Wildman–Crippen LogP) is 1.33. The number of hydrogen-bond donors (Lipinski definition) is 3. The van der Waals surface area contributed by atoms with Gasteiger partial charge in [0.15, 0.2) is 0 Å². The van der Waals surface area contributed by atoms with Gasteiger partial charge in [0.05, 0.1) is 0 Å². The molecule has 0 bridgehead atoms. The van der Waals surface area contributed by atoms with Crippen LogP contribution >= 0.6 is 0 Å². The maximum atomic E-state index is 13.4. The van der Waals surface area contributed by atoms with Crippen LogP contribution in [0.3, 0.4) is 0 Å². The summed E-state index contributed by atoms with van der Waals surface area (Å²) < 4.78 is 26.8. The van der Waals surface area contributed by atoms with Gasteiger partial charge in [-0.1, -0.05) is 12.5 Å². The van der Waals surface area contributed by atoms with Crippen LogP contribution in [0.4, 0.5) is 8.78 Å². The van der Waals surface area contributed by atoms with Gasteiger partial charge in [0.2, 0.25) is 5.91 Å². The molecule has 2 rings (SSSR count). The summed E-state index contributed by atoms with van der Waals surface area (Å²) in [4.78, 5) is 23.5. The van der Waals surface area contributed by atoms with E-state index in [-0.39, 0.29) is 31.0 Å². The minimum absolute atomic E-state index is 0.0736. The third kappa shape index (κ3) is 4.72. The number of carbonyl (C=O) groups excluding carboxylic acids is 2. The highest BCUT2D eigenvalue weighted by Gasteiger charge is 2.25. The molecular weight excluding hydrogens is 304 g/mol. The zero-order valence-corrected chi connectivity index (χ0v) is 12.8. The molecule has 2 atom stereocenters. The van der Waals surface area contributed by atoms with E-state index < -0.39 is 23.1 Å². The van der Waals surface area contributed by atoms with Crippen LogP contribution in [0, 0.1) is 17.6 Å². The molecule has 0 radical (unpaired) electrons. The Labute approximate surface area is 133 Å². The Hall–Kier alpha value is -2.02. The number of benzene rings is 1. The van der Waals surface area contributed by atoms with E-state index in [2.05, 4.69) is 10.6 Å². The van der Waals surface area contributed by atoms with Crippen LogP contribution < -0.4 is 16.4 Å². The van der Waals surface area contributed by atoms with Gasteiger partial charge < -0.3 is 16.4 Å². The van der Waals surface area contributed by atoms with Crippen LogP contribution in [-0.4, -0.2) is 30.9 Å². The minimum atomic E-state index is -0.915. The Bertz CT molecular complexity index is 560. The van der Waals surface area contributed by atoms with Gasteiger partial charge >= 0.3 is 0 Å². The fourth-order valence-electron chi connectivity index (χ4n) is 2.81. The molecule has 0 aromatic heterocycles. The van der Waals surface area contributed by atoms with Crippen molar-refractivity contribution in [2.24, 2.45) is 11.7 Å². The molecule has 1 aliphatic rings. The number of halogens is 2. The fourth-order valence-corrected chi connectivity index (χ4v) is 2.81. The quantitative estimate of drug-likeness (QED) is 0.690. The number of carbonyl (C=O) groups is 2.